The first kappa shape index (κ1) is 40.8. The fourth-order valence-electron chi connectivity index (χ4n) is 4.08. The minimum atomic E-state index is -1.11. The Labute approximate surface area is 264 Å². The third-order valence-corrected chi connectivity index (χ3v) is 6.01. The summed E-state index contributed by atoms with van der Waals surface area (Å²) in [5.41, 5.74) is 4.45. The summed E-state index contributed by atoms with van der Waals surface area (Å²) in [6.45, 7) is 21.6. The highest BCUT2D eigenvalue weighted by molar-refractivity contribution is 6.37. The molecule has 2 aliphatic rings. The smallest absolute Gasteiger partial charge is 0.325 e. The topological polar surface area (TPSA) is 177 Å². The number of hydrogen-bond acceptors (Lipinski definition) is 7. The van der Waals surface area contributed by atoms with Gasteiger partial charge in [0, 0.05) is 6.54 Å². The number of hydrogen-bond donors (Lipinski definition) is 4. The highest BCUT2D eigenvalue weighted by Gasteiger charge is 2.41. The molecule has 2 rings (SSSR count). The molecule has 1 saturated heterocycles. The van der Waals surface area contributed by atoms with Gasteiger partial charge in [-0.15, -0.1) is 0 Å². The first-order valence-electron chi connectivity index (χ1n) is 15.9. The molecule has 254 valence electrons. The van der Waals surface area contributed by atoms with Crippen LogP contribution in [0.1, 0.15) is 108 Å². The number of ketones is 1. The number of primary amides is 1. The average Bonchev–Trinajstić information content (AvgIpc) is 3.54. The van der Waals surface area contributed by atoms with Gasteiger partial charge in [0.15, 0.2) is 0 Å². The van der Waals surface area contributed by atoms with Crippen LogP contribution in [0, 0.1) is 23.7 Å². The van der Waals surface area contributed by atoms with Gasteiger partial charge in [-0.2, -0.15) is 0 Å². The lowest BCUT2D eigenvalue weighted by Crippen LogP contribution is -2.58. The standard InChI is InChI=1S/C24H39N5O7.2C4H10/c1-13(2)18(28-23(35)26-12-17(30)36-24(3,4)5)22(34)29-10-6-7-16(29)21(33)27-15(11-14-8-9-14)19(31)20(25)32;2*1-4(2)3/h13-16,18H,6-12H2,1-5H3,(H2,25,32)(H,27,33)(H2,26,28,35);2*4H,1-3H3. The number of Topliss-reactive ketones (excluding diaryl/α,β-unsaturated/α-hetero) is 1. The number of ether oxygens (including phenoxy) is 1. The molecule has 0 aromatic heterocycles. The van der Waals surface area contributed by atoms with E-state index < -0.39 is 59.2 Å². The number of carbonyl (C=O) groups is 6. The summed E-state index contributed by atoms with van der Waals surface area (Å²) in [7, 11) is 0. The molecule has 1 aliphatic heterocycles. The van der Waals surface area contributed by atoms with Gasteiger partial charge in [-0.1, -0.05) is 68.2 Å². The third-order valence-electron chi connectivity index (χ3n) is 6.01. The minimum Gasteiger partial charge on any atom is -0.459 e. The molecule has 5 amide bonds. The predicted molar refractivity (Wildman–Crippen MR) is 170 cm³/mol. The van der Waals surface area contributed by atoms with Crippen molar-refractivity contribution < 1.29 is 33.5 Å². The van der Waals surface area contributed by atoms with Crippen molar-refractivity contribution in [3.05, 3.63) is 0 Å². The Morgan fingerprint density at radius 3 is 1.82 bits per heavy atom. The van der Waals surface area contributed by atoms with Crippen LogP contribution in [0.5, 0.6) is 0 Å². The molecule has 1 heterocycles. The van der Waals surface area contributed by atoms with Crippen molar-refractivity contribution in [1.29, 1.82) is 0 Å². The Kier molecular flexibility index (Phi) is 17.9. The van der Waals surface area contributed by atoms with Crippen LogP contribution < -0.4 is 21.7 Å². The van der Waals surface area contributed by atoms with E-state index in [1.807, 2.05) is 0 Å². The van der Waals surface area contributed by atoms with E-state index in [0.29, 0.717) is 25.8 Å². The van der Waals surface area contributed by atoms with Gasteiger partial charge in [-0.25, -0.2) is 4.79 Å². The highest BCUT2D eigenvalue weighted by Crippen LogP contribution is 2.34. The quantitative estimate of drug-likeness (QED) is 0.201. The van der Waals surface area contributed by atoms with Crippen LogP contribution in [-0.2, 0) is 28.7 Å². The maximum absolute atomic E-state index is 13.3. The molecule has 3 unspecified atom stereocenters. The Morgan fingerprint density at radius 2 is 1.39 bits per heavy atom. The maximum Gasteiger partial charge on any atom is 0.325 e. The monoisotopic (exact) mass is 625 g/mol. The molecule has 5 N–H and O–H groups in total. The van der Waals surface area contributed by atoms with Crippen molar-refractivity contribution in [3.63, 3.8) is 0 Å². The second-order valence-corrected chi connectivity index (χ2v) is 14.3. The molecule has 12 heteroatoms. The molecule has 1 aliphatic carbocycles. The van der Waals surface area contributed by atoms with Crippen molar-refractivity contribution in [1.82, 2.24) is 20.9 Å². The van der Waals surface area contributed by atoms with Crippen LogP contribution in [0.15, 0.2) is 0 Å². The molecule has 44 heavy (non-hydrogen) atoms. The fraction of sp³-hybridized carbons (Fsp3) is 0.812. The molecular formula is C32H59N5O7. The molecule has 2 fully saturated rings. The number of nitrogens with zero attached hydrogens (tertiary/aromatic N) is 1. The molecular weight excluding hydrogens is 566 g/mol. The van der Waals surface area contributed by atoms with Crippen molar-refractivity contribution in [2.24, 2.45) is 29.4 Å². The lowest BCUT2D eigenvalue weighted by Gasteiger charge is -2.31. The van der Waals surface area contributed by atoms with E-state index in [9.17, 15) is 28.8 Å². The van der Waals surface area contributed by atoms with E-state index in [2.05, 4.69) is 57.5 Å². The van der Waals surface area contributed by atoms with E-state index in [4.69, 9.17) is 10.5 Å². The number of urea groups is 1. The molecule has 3 atom stereocenters. The number of esters is 1. The van der Waals surface area contributed by atoms with Crippen LogP contribution in [0.25, 0.3) is 0 Å². The molecule has 0 radical (unpaired) electrons. The number of rotatable bonds is 11. The van der Waals surface area contributed by atoms with Gasteiger partial charge in [-0.3, -0.25) is 24.0 Å². The lowest BCUT2D eigenvalue weighted by atomic mass is 10.0. The first-order valence-corrected chi connectivity index (χ1v) is 15.9. The number of carbonyl (C=O) groups excluding carboxylic acids is 6. The summed E-state index contributed by atoms with van der Waals surface area (Å²) >= 11 is 0. The Hall–Kier alpha value is -3.18. The molecule has 1 saturated carbocycles. The van der Waals surface area contributed by atoms with Crippen LogP contribution >= 0.6 is 0 Å². The van der Waals surface area contributed by atoms with Gasteiger partial charge >= 0.3 is 12.0 Å². The number of nitrogens with two attached hydrogens (primary N) is 1. The largest absolute Gasteiger partial charge is 0.459 e. The summed E-state index contributed by atoms with van der Waals surface area (Å²) in [5.74, 6) is -1.95. The van der Waals surface area contributed by atoms with E-state index in [1.54, 1.807) is 34.6 Å². The van der Waals surface area contributed by atoms with Crippen LogP contribution in [0.4, 0.5) is 4.79 Å². The molecule has 0 bridgehead atoms. The zero-order chi connectivity index (χ0) is 34.4. The molecule has 12 nitrogen and oxygen atoms in total. The van der Waals surface area contributed by atoms with E-state index in [1.165, 1.54) is 4.90 Å². The first-order chi connectivity index (χ1) is 20.2. The maximum atomic E-state index is 13.3. The fourth-order valence-corrected chi connectivity index (χ4v) is 4.08. The number of likely N-dealkylation sites (tertiary alicyclic amines) is 1. The lowest BCUT2D eigenvalue weighted by molar-refractivity contribution is -0.153. The molecule has 0 aromatic rings. The van der Waals surface area contributed by atoms with Gasteiger partial charge in [-0.05, 0) is 63.7 Å². The third kappa shape index (κ3) is 17.8. The molecule has 0 aromatic carbocycles. The minimum absolute atomic E-state index is 0.258. The van der Waals surface area contributed by atoms with Gasteiger partial charge in [0.25, 0.3) is 5.91 Å². The van der Waals surface area contributed by atoms with Crippen molar-refractivity contribution in [2.75, 3.05) is 13.1 Å². The van der Waals surface area contributed by atoms with Gasteiger partial charge in [0.05, 0.1) is 6.04 Å². The second-order valence-electron chi connectivity index (χ2n) is 14.3. The summed E-state index contributed by atoms with van der Waals surface area (Å²) in [4.78, 5) is 75.7. The van der Waals surface area contributed by atoms with Crippen molar-refractivity contribution in [2.45, 2.75) is 132 Å². The Balaban J connectivity index is 0.00000205. The van der Waals surface area contributed by atoms with E-state index in [-0.39, 0.29) is 18.4 Å². The van der Waals surface area contributed by atoms with Crippen LogP contribution in [-0.4, -0.2) is 77.2 Å². The summed E-state index contributed by atoms with van der Waals surface area (Å²) in [6.07, 6.45) is 3.13. The number of nitrogens with one attached hydrogen (secondary N) is 3. The summed E-state index contributed by atoms with van der Waals surface area (Å²) in [6, 6.07) is -3.53. The highest BCUT2D eigenvalue weighted by atomic mass is 16.6. The van der Waals surface area contributed by atoms with Gasteiger partial charge in [0.2, 0.25) is 17.6 Å². The second kappa shape index (κ2) is 19.3. The van der Waals surface area contributed by atoms with Crippen molar-refractivity contribution in [3.8, 4) is 0 Å². The predicted octanol–water partition coefficient (Wildman–Crippen LogP) is 3.31. The van der Waals surface area contributed by atoms with Crippen LogP contribution in [0.2, 0.25) is 0 Å². The SMILES string of the molecule is CC(C)C.CC(C)C.CC(C)C(NC(=O)NCC(=O)OC(C)(C)C)C(=O)N1CCCC1C(=O)NC(CC1CC1)C(=O)C(N)=O. The van der Waals surface area contributed by atoms with Gasteiger partial charge < -0.3 is 31.3 Å². The Morgan fingerprint density at radius 1 is 0.864 bits per heavy atom. The Bertz CT molecular complexity index is 959. The number of amides is 5. The molecule has 0 spiro atoms. The summed E-state index contributed by atoms with van der Waals surface area (Å²) in [5, 5.41) is 7.59. The van der Waals surface area contributed by atoms with E-state index in [0.717, 1.165) is 24.7 Å². The zero-order valence-electron chi connectivity index (χ0n) is 28.9. The zero-order valence-corrected chi connectivity index (χ0v) is 28.9. The van der Waals surface area contributed by atoms with E-state index >= 15 is 0 Å². The average molecular weight is 626 g/mol. The van der Waals surface area contributed by atoms with Gasteiger partial charge in [0.1, 0.15) is 24.2 Å². The summed E-state index contributed by atoms with van der Waals surface area (Å²) < 4.78 is 5.15. The normalized spacial score (nSPS) is 17.4. The van der Waals surface area contributed by atoms with Crippen LogP contribution in [0.3, 0.4) is 0 Å². The van der Waals surface area contributed by atoms with Crippen molar-refractivity contribution >= 4 is 35.5 Å².